The smallest absolute Gasteiger partial charge is 0.223 e. The van der Waals surface area contributed by atoms with Crippen molar-refractivity contribution in [1.29, 1.82) is 0 Å². The molecule has 4 heteroatoms. The molecule has 3 aliphatic rings. The number of likely N-dealkylation sites (tertiary alicyclic amines) is 1. The predicted molar refractivity (Wildman–Crippen MR) is 92.0 cm³/mol. The molecule has 3 saturated heterocycles. The molecule has 3 unspecified atom stereocenters. The summed E-state index contributed by atoms with van der Waals surface area (Å²) in [4.78, 5) is 15.1. The summed E-state index contributed by atoms with van der Waals surface area (Å²) in [6.07, 6.45) is 8.76. The number of hydrogen-bond acceptors (Lipinski definition) is 2. The number of nitrogens with one attached hydrogen (secondary N) is 1. The van der Waals surface area contributed by atoms with Gasteiger partial charge in [0.25, 0.3) is 0 Å². The summed E-state index contributed by atoms with van der Waals surface area (Å²) in [6, 6.07) is 8.11. The molecule has 24 heavy (non-hydrogen) atoms. The zero-order valence-corrected chi connectivity index (χ0v) is 14.2. The number of carbonyl (C=O) groups excluding carboxylic acids is 1. The van der Waals surface area contributed by atoms with Gasteiger partial charge in [0.05, 0.1) is 6.04 Å². The molecule has 3 fully saturated rings. The van der Waals surface area contributed by atoms with Crippen molar-refractivity contribution in [2.45, 2.75) is 69.5 Å². The second-order valence-corrected chi connectivity index (χ2v) is 7.83. The average Bonchev–Trinajstić information content (AvgIpc) is 2.94. The number of piperidine rings is 2. The fraction of sp³-hybridized carbons (Fsp3) is 0.650. The van der Waals surface area contributed by atoms with E-state index >= 15 is 0 Å². The zero-order chi connectivity index (χ0) is 16.5. The van der Waals surface area contributed by atoms with Gasteiger partial charge in [-0.05, 0) is 68.6 Å². The monoisotopic (exact) mass is 330 g/mol. The highest BCUT2D eigenvalue weighted by atomic mass is 19.1. The molecule has 130 valence electrons. The molecule has 0 spiro atoms. The summed E-state index contributed by atoms with van der Waals surface area (Å²) in [5.41, 5.74) is 1.08. The third kappa shape index (κ3) is 3.34. The van der Waals surface area contributed by atoms with Gasteiger partial charge >= 0.3 is 0 Å². The lowest BCUT2D eigenvalue weighted by molar-refractivity contribution is -0.136. The van der Waals surface area contributed by atoms with Crippen LogP contribution in [-0.2, 0) is 4.79 Å². The molecule has 0 aliphatic carbocycles. The van der Waals surface area contributed by atoms with Crippen LogP contribution in [0.1, 0.15) is 63.0 Å². The molecule has 3 atom stereocenters. The lowest BCUT2D eigenvalue weighted by Gasteiger charge is -2.38. The molecule has 1 amide bonds. The molecule has 4 rings (SSSR count). The Kier molecular flexibility index (Phi) is 4.57. The van der Waals surface area contributed by atoms with Gasteiger partial charge in [-0.15, -0.1) is 0 Å². The minimum atomic E-state index is -0.211. The largest absolute Gasteiger partial charge is 0.336 e. The molecular formula is C20H27FN2O. The van der Waals surface area contributed by atoms with E-state index in [0.717, 1.165) is 44.2 Å². The standard InChI is InChI=1S/C20H27FN2O/c21-16-6-4-15(5-7-16)19-3-1-2-10-23(19)20(24)13-14-11-17-8-9-18(12-14)22-17/h4-7,14,17-19,22H,1-3,8-13H2. The van der Waals surface area contributed by atoms with Crippen molar-refractivity contribution in [3.63, 3.8) is 0 Å². The van der Waals surface area contributed by atoms with Crippen LogP contribution in [0, 0.1) is 11.7 Å². The van der Waals surface area contributed by atoms with E-state index in [2.05, 4.69) is 10.2 Å². The van der Waals surface area contributed by atoms with E-state index in [1.54, 1.807) is 0 Å². The predicted octanol–water partition coefficient (Wildman–Crippen LogP) is 3.80. The van der Waals surface area contributed by atoms with Crippen LogP contribution in [0.25, 0.3) is 0 Å². The van der Waals surface area contributed by atoms with E-state index in [1.165, 1.54) is 25.0 Å². The van der Waals surface area contributed by atoms with Crippen LogP contribution >= 0.6 is 0 Å². The number of nitrogens with zero attached hydrogens (tertiary/aromatic N) is 1. The van der Waals surface area contributed by atoms with Crippen LogP contribution in [0.4, 0.5) is 4.39 Å². The Balaban J connectivity index is 1.44. The Labute approximate surface area is 143 Å². The van der Waals surface area contributed by atoms with Crippen molar-refractivity contribution in [3.8, 4) is 0 Å². The van der Waals surface area contributed by atoms with Crippen molar-refractivity contribution in [2.24, 2.45) is 5.92 Å². The summed E-state index contributed by atoms with van der Waals surface area (Å²) in [5.74, 6) is 0.625. The minimum absolute atomic E-state index is 0.130. The van der Waals surface area contributed by atoms with E-state index in [9.17, 15) is 9.18 Å². The average molecular weight is 330 g/mol. The molecule has 3 heterocycles. The lowest BCUT2D eigenvalue weighted by atomic mass is 9.88. The van der Waals surface area contributed by atoms with Crippen LogP contribution in [-0.4, -0.2) is 29.4 Å². The number of hydrogen-bond donors (Lipinski definition) is 1. The van der Waals surface area contributed by atoms with Gasteiger partial charge in [-0.3, -0.25) is 4.79 Å². The molecule has 0 saturated carbocycles. The first-order chi connectivity index (χ1) is 11.7. The van der Waals surface area contributed by atoms with Gasteiger partial charge in [0.2, 0.25) is 5.91 Å². The molecule has 0 radical (unpaired) electrons. The van der Waals surface area contributed by atoms with Crippen LogP contribution in [0.3, 0.4) is 0 Å². The van der Waals surface area contributed by atoms with Gasteiger partial charge in [0, 0.05) is 25.0 Å². The van der Waals surface area contributed by atoms with Crippen molar-refractivity contribution >= 4 is 5.91 Å². The number of carbonyl (C=O) groups is 1. The number of rotatable bonds is 3. The van der Waals surface area contributed by atoms with Crippen LogP contribution in [0.2, 0.25) is 0 Å². The normalized spacial score (nSPS) is 32.8. The van der Waals surface area contributed by atoms with Crippen molar-refractivity contribution < 1.29 is 9.18 Å². The number of benzene rings is 1. The SMILES string of the molecule is O=C(CC1CC2CCC(C1)N2)N1CCCCC1c1ccc(F)cc1. The first-order valence-corrected chi connectivity index (χ1v) is 9.50. The van der Waals surface area contributed by atoms with Crippen molar-refractivity contribution in [2.75, 3.05) is 6.54 Å². The topological polar surface area (TPSA) is 32.3 Å². The summed E-state index contributed by atoms with van der Waals surface area (Å²) in [5, 5.41) is 3.65. The highest BCUT2D eigenvalue weighted by molar-refractivity contribution is 5.77. The molecule has 3 nitrogen and oxygen atoms in total. The van der Waals surface area contributed by atoms with Crippen LogP contribution < -0.4 is 5.32 Å². The third-order valence-corrected chi connectivity index (χ3v) is 6.11. The second kappa shape index (κ2) is 6.83. The van der Waals surface area contributed by atoms with E-state index in [0.29, 0.717) is 30.3 Å². The van der Waals surface area contributed by atoms with Gasteiger partial charge < -0.3 is 10.2 Å². The van der Waals surface area contributed by atoms with E-state index in [-0.39, 0.29) is 11.9 Å². The Morgan fingerprint density at radius 1 is 1.08 bits per heavy atom. The maximum absolute atomic E-state index is 13.2. The summed E-state index contributed by atoms with van der Waals surface area (Å²) in [6.45, 7) is 0.846. The number of halogens is 1. The van der Waals surface area contributed by atoms with Crippen LogP contribution in [0.5, 0.6) is 0 Å². The minimum Gasteiger partial charge on any atom is -0.336 e. The maximum atomic E-state index is 13.2. The van der Waals surface area contributed by atoms with E-state index < -0.39 is 0 Å². The summed E-state index contributed by atoms with van der Waals surface area (Å²) >= 11 is 0. The van der Waals surface area contributed by atoms with Gasteiger partial charge in [0.15, 0.2) is 0 Å². The second-order valence-electron chi connectivity index (χ2n) is 7.83. The fourth-order valence-electron chi connectivity index (χ4n) is 4.97. The highest BCUT2D eigenvalue weighted by Gasteiger charge is 2.36. The van der Waals surface area contributed by atoms with E-state index in [4.69, 9.17) is 0 Å². The molecule has 0 aromatic heterocycles. The Bertz CT molecular complexity index is 576. The zero-order valence-electron chi connectivity index (χ0n) is 14.2. The van der Waals surface area contributed by atoms with Crippen molar-refractivity contribution in [1.82, 2.24) is 10.2 Å². The van der Waals surface area contributed by atoms with Crippen molar-refractivity contribution in [3.05, 3.63) is 35.6 Å². The fourth-order valence-corrected chi connectivity index (χ4v) is 4.97. The first-order valence-electron chi connectivity index (χ1n) is 9.50. The summed E-state index contributed by atoms with van der Waals surface area (Å²) in [7, 11) is 0. The van der Waals surface area contributed by atoms with Crippen LogP contribution in [0.15, 0.2) is 24.3 Å². The third-order valence-electron chi connectivity index (χ3n) is 6.11. The molecule has 1 aromatic rings. The molecule has 2 bridgehead atoms. The first kappa shape index (κ1) is 16.1. The molecule has 3 aliphatic heterocycles. The van der Waals surface area contributed by atoms with E-state index in [1.807, 2.05) is 12.1 Å². The Hall–Kier alpha value is -1.42. The molecule has 1 N–H and O–H groups in total. The maximum Gasteiger partial charge on any atom is 0.223 e. The van der Waals surface area contributed by atoms with Gasteiger partial charge in [-0.25, -0.2) is 4.39 Å². The number of amides is 1. The van der Waals surface area contributed by atoms with Gasteiger partial charge in [0.1, 0.15) is 5.82 Å². The lowest BCUT2D eigenvalue weighted by Crippen LogP contribution is -2.42. The Morgan fingerprint density at radius 3 is 2.50 bits per heavy atom. The molecule has 1 aromatic carbocycles. The Morgan fingerprint density at radius 2 is 1.79 bits per heavy atom. The summed E-state index contributed by atoms with van der Waals surface area (Å²) < 4.78 is 13.2. The quantitative estimate of drug-likeness (QED) is 0.914. The highest BCUT2D eigenvalue weighted by Crippen LogP contribution is 2.36. The molecular weight excluding hydrogens is 303 g/mol. The van der Waals surface area contributed by atoms with Gasteiger partial charge in [-0.2, -0.15) is 0 Å². The van der Waals surface area contributed by atoms with Gasteiger partial charge in [-0.1, -0.05) is 12.1 Å². The number of fused-ring (bicyclic) bond motifs is 2.